The number of benzene rings is 3. The zero-order chi connectivity index (χ0) is 87.7. The third kappa shape index (κ3) is 28.1. The van der Waals surface area contributed by atoms with Gasteiger partial charge in [-0.05, 0) is 154 Å². The maximum atomic E-state index is 12.9. The van der Waals surface area contributed by atoms with Crippen LogP contribution in [-0.4, -0.2) is 271 Å². The first kappa shape index (κ1) is 92.3. The van der Waals surface area contributed by atoms with Crippen LogP contribution >= 0.6 is 0 Å². The maximum absolute atomic E-state index is 12.9. The number of fused-ring (bicyclic) bond motifs is 3. The Kier molecular flexibility index (Phi) is 35.3. The Morgan fingerprint density at radius 1 is 0.416 bits per heavy atom. The van der Waals surface area contributed by atoms with E-state index < -0.39 is 0 Å². The van der Waals surface area contributed by atoms with Crippen molar-refractivity contribution in [2.75, 3.05) is 168 Å². The minimum atomic E-state index is -0.213. The standard InChI is InChI=1S/C32H42N8O4.C31H40N8O5.C27H34N6O4/c1-23-21-24(2)40-15-11-28(31(40)34-23)32(42)35-26-8-6-25(7-9-26)29-22-39(37-36-29)16-18-44-20-19-43-17-12-30(41)33-13-10-27-5-4-14-38(27)3;1-23-21-24(2)39-10-7-27(30(39)33-23)31(41)34-26-5-3-25(4-6-26)28-22-38(36-35-28)14-18-44-20-19-42-15-8-29(40)32-9-11-37-12-16-43-17-13-37;1-4-12-35-14-16-37-17-15-36-13-11-32-19-25(30-31-32)22-5-7-23(8-6-22)29-27(34)24-9-10-33-21(3)18-20(2)28-26(24)33/h6-9,11,15,21-22,27H,4-5,10,12-14,16-20H2,1-3H3,(H,33,41)(H,35,42);3-7,10,21-22H,8-9,11-20H2,1-2H3,(H,32,40)(H,34,41);5-10,18-19H,4,11-17H2,1-3H3,(H,29,34). The molecule has 0 aliphatic carbocycles. The number of hydrogen-bond donors (Lipinski definition) is 5. The van der Waals surface area contributed by atoms with Crippen LogP contribution in [0.2, 0.25) is 0 Å². The Morgan fingerprint density at radius 2 is 0.760 bits per heavy atom. The highest BCUT2D eigenvalue weighted by molar-refractivity contribution is 6.10. The van der Waals surface area contributed by atoms with E-state index in [-0.39, 0.29) is 29.5 Å². The molecule has 14 rings (SSSR count). The van der Waals surface area contributed by atoms with Crippen molar-refractivity contribution in [1.29, 1.82) is 0 Å². The highest BCUT2D eigenvalue weighted by Gasteiger charge is 2.23. The van der Waals surface area contributed by atoms with E-state index >= 15 is 0 Å². The van der Waals surface area contributed by atoms with E-state index in [9.17, 15) is 24.0 Å². The van der Waals surface area contributed by atoms with Gasteiger partial charge in [0.1, 0.15) is 34.0 Å². The number of morpholine rings is 1. The molecule has 11 heterocycles. The third-order valence-electron chi connectivity index (χ3n) is 21.0. The van der Waals surface area contributed by atoms with Crippen molar-refractivity contribution in [3.63, 3.8) is 0 Å². The van der Waals surface area contributed by atoms with E-state index in [1.807, 2.05) is 183 Å². The number of likely N-dealkylation sites (tertiary alicyclic amines) is 1. The first-order valence-corrected chi connectivity index (χ1v) is 42.8. The van der Waals surface area contributed by atoms with Crippen LogP contribution in [0.1, 0.15) is 111 Å². The molecular weight excluding hydrogens is 1600 g/mol. The number of carbonyl (C=O) groups is 5. The number of nitrogens with one attached hydrogen (secondary N) is 5. The summed E-state index contributed by atoms with van der Waals surface area (Å²) >= 11 is 0. The summed E-state index contributed by atoms with van der Waals surface area (Å²) in [5.41, 5.74) is 16.1. The van der Waals surface area contributed by atoms with E-state index in [2.05, 4.69) is 96.2 Å². The van der Waals surface area contributed by atoms with Gasteiger partial charge in [0, 0.05) is 145 Å². The molecule has 5 amide bonds. The van der Waals surface area contributed by atoms with E-state index in [1.165, 1.54) is 12.8 Å². The Hall–Kier alpha value is -11.9. The Balaban J connectivity index is 0.000000172. The zero-order valence-electron chi connectivity index (χ0n) is 72.8. The van der Waals surface area contributed by atoms with Crippen LogP contribution in [0.3, 0.4) is 0 Å². The lowest BCUT2D eigenvalue weighted by Gasteiger charge is -2.26. The van der Waals surface area contributed by atoms with Gasteiger partial charge in [0.15, 0.2) is 0 Å². The van der Waals surface area contributed by atoms with Gasteiger partial charge in [-0.2, -0.15) is 0 Å². The summed E-state index contributed by atoms with van der Waals surface area (Å²) in [6.45, 7) is 29.2. The second-order valence-corrected chi connectivity index (χ2v) is 30.6. The van der Waals surface area contributed by atoms with Crippen molar-refractivity contribution < 1.29 is 61.9 Å². The van der Waals surface area contributed by atoms with Gasteiger partial charge in [-0.15, -0.1) is 15.3 Å². The highest BCUT2D eigenvalue weighted by Crippen LogP contribution is 2.26. The number of anilines is 3. The Labute approximate surface area is 727 Å². The van der Waals surface area contributed by atoms with Crippen molar-refractivity contribution in [2.24, 2.45) is 0 Å². The third-order valence-corrected chi connectivity index (χ3v) is 21.0. The van der Waals surface area contributed by atoms with E-state index in [0.29, 0.717) is 182 Å². The lowest BCUT2D eigenvalue weighted by atomic mass is 10.1. The molecule has 1 atom stereocenters. The van der Waals surface area contributed by atoms with Crippen molar-refractivity contribution >= 4 is 63.5 Å². The van der Waals surface area contributed by atoms with Gasteiger partial charge in [0.05, 0.1) is 154 Å². The number of nitrogens with zero attached hydrogens (tertiary/aromatic N) is 17. The largest absolute Gasteiger partial charge is 0.379 e. The molecule has 664 valence electrons. The molecule has 125 heavy (non-hydrogen) atoms. The van der Waals surface area contributed by atoms with Gasteiger partial charge in [0.2, 0.25) is 11.8 Å². The van der Waals surface area contributed by atoms with Crippen molar-refractivity contribution in [3.05, 3.63) is 197 Å². The van der Waals surface area contributed by atoms with E-state index in [0.717, 1.165) is 133 Å². The van der Waals surface area contributed by atoms with Crippen molar-refractivity contribution in [2.45, 2.75) is 113 Å². The monoisotopic (exact) mass is 1710 g/mol. The number of ether oxygens (including phenoxy) is 8. The summed E-state index contributed by atoms with van der Waals surface area (Å²) in [5.74, 6) is -0.600. The SMILES string of the molecule is CCCOCCOCCOCCn1cc(-c2ccc(NC(=O)c3ccn4c(C)cc(C)nc34)cc2)nn1.Cc1cc(C)n2ccc(C(=O)Nc3ccc(-c4cn(CCOCCOCCC(=O)NCCC5CCCN5C)nn4)cc3)c2n1.Cc1cc(C)n2ccc(C(=O)Nc3ccc(-c4cn(CCOCCOCCC(=O)NCCN5CCOCC5)nn4)cc3)c2n1. The number of rotatable bonds is 44. The van der Waals surface area contributed by atoms with Crippen molar-refractivity contribution in [3.8, 4) is 33.8 Å². The molecule has 2 fully saturated rings. The topological polar surface area (TPSA) is 370 Å². The predicted molar refractivity (Wildman–Crippen MR) is 473 cm³/mol. The predicted octanol–water partition coefficient (Wildman–Crippen LogP) is 9.74. The molecule has 0 spiro atoms. The summed E-state index contributed by atoms with van der Waals surface area (Å²) in [6.07, 6.45) is 16.3. The number of aryl methyl sites for hydroxylation is 6. The van der Waals surface area contributed by atoms with Gasteiger partial charge >= 0.3 is 0 Å². The summed E-state index contributed by atoms with van der Waals surface area (Å²) in [6, 6.07) is 34.4. The molecule has 0 radical (unpaired) electrons. The molecule has 35 nitrogen and oxygen atoms in total. The van der Waals surface area contributed by atoms with Crippen LogP contribution in [-0.2, 0) is 67.1 Å². The fraction of sp³-hybridized carbons (Fsp3) is 0.444. The van der Waals surface area contributed by atoms with Crippen LogP contribution in [0.25, 0.3) is 50.7 Å². The fourth-order valence-corrected chi connectivity index (χ4v) is 14.3. The average Bonchev–Trinajstić information content (AvgIpc) is 1.66. The van der Waals surface area contributed by atoms with Gasteiger partial charge in [-0.25, -0.2) is 29.0 Å². The number of hydrogen-bond acceptors (Lipinski definition) is 24. The normalized spacial score (nSPS) is 13.6. The van der Waals surface area contributed by atoms with Gasteiger partial charge in [-0.1, -0.05) is 59.0 Å². The van der Waals surface area contributed by atoms with Crippen LogP contribution in [0, 0.1) is 41.5 Å². The molecular formula is C90H116N22O13. The molecule has 35 heteroatoms. The van der Waals surface area contributed by atoms with E-state index in [4.69, 9.17) is 37.9 Å². The minimum Gasteiger partial charge on any atom is -0.379 e. The first-order chi connectivity index (χ1) is 60.9. The molecule has 2 aliphatic heterocycles. The zero-order valence-corrected chi connectivity index (χ0v) is 72.8. The molecule has 0 saturated carbocycles. The number of amides is 5. The van der Waals surface area contributed by atoms with Gasteiger partial charge in [-0.3, -0.25) is 28.9 Å². The minimum absolute atomic E-state index is 0.00548. The van der Waals surface area contributed by atoms with Crippen molar-refractivity contribution in [1.82, 2.24) is 93.6 Å². The molecule has 1 unspecified atom stereocenters. The van der Waals surface area contributed by atoms with Gasteiger partial charge in [0.25, 0.3) is 17.7 Å². The fourth-order valence-electron chi connectivity index (χ4n) is 14.3. The lowest BCUT2D eigenvalue weighted by molar-refractivity contribution is -0.123. The molecule has 2 saturated heterocycles. The van der Waals surface area contributed by atoms with Crippen LogP contribution < -0.4 is 26.6 Å². The molecule has 12 aromatic rings. The molecule has 2 aliphatic rings. The molecule has 5 N–H and O–H groups in total. The van der Waals surface area contributed by atoms with Crippen LogP contribution in [0.4, 0.5) is 17.1 Å². The van der Waals surface area contributed by atoms with E-state index in [1.54, 1.807) is 32.2 Å². The summed E-state index contributed by atoms with van der Waals surface area (Å²) < 4.78 is 55.0. The first-order valence-electron chi connectivity index (χ1n) is 42.8. The average molecular weight is 1710 g/mol. The highest BCUT2D eigenvalue weighted by atomic mass is 16.5. The molecule has 3 aromatic carbocycles. The van der Waals surface area contributed by atoms with Crippen LogP contribution in [0.15, 0.2) is 146 Å². The maximum Gasteiger partial charge on any atom is 0.259 e. The van der Waals surface area contributed by atoms with Crippen LogP contribution in [0.5, 0.6) is 0 Å². The van der Waals surface area contributed by atoms with Gasteiger partial charge < -0.3 is 82.6 Å². The Morgan fingerprint density at radius 3 is 1.11 bits per heavy atom. The smallest absolute Gasteiger partial charge is 0.259 e. The second-order valence-electron chi connectivity index (χ2n) is 30.6. The summed E-state index contributed by atoms with van der Waals surface area (Å²) in [5, 5.41) is 40.1. The molecule has 0 bridgehead atoms. The number of carbonyl (C=O) groups excluding carboxylic acids is 5. The lowest BCUT2D eigenvalue weighted by Crippen LogP contribution is -2.41. The summed E-state index contributed by atoms with van der Waals surface area (Å²) in [7, 11) is 2.15. The second kappa shape index (κ2) is 47.8. The Bertz CT molecular complexity index is 5420. The molecule has 9 aromatic heterocycles. The quantitative estimate of drug-likeness (QED) is 0.0222. The number of aromatic nitrogens is 15. The summed E-state index contributed by atoms with van der Waals surface area (Å²) in [4.78, 5) is 81.0.